The molecule has 1 aliphatic heterocycles. The SMILES string of the molecule is CNCC(=O)NC(C(=O)N1CCCCCC1)C1CCCCC1. The third-order valence-electron chi connectivity index (χ3n) is 4.96. The van der Waals surface area contributed by atoms with Gasteiger partial charge in [0.15, 0.2) is 0 Å². The lowest BCUT2D eigenvalue weighted by molar-refractivity contribution is -0.138. The third-order valence-corrected chi connectivity index (χ3v) is 4.96. The molecule has 2 N–H and O–H groups in total. The molecule has 5 nitrogen and oxygen atoms in total. The van der Waals surface area contributed by atoms with Crippen molar-refractivity contribution in [1.29, 1.82) is 0 Å². The minimum atomic E-state index is -0.320. The first-order valence-corrected chi connectivity index (χ1v) is 8.95. The largest absolute Gasteiger partial charge is 0.343 e. The summed E-state index contributed by atoms with van der Waals surface area (Å²) in [6.45, 7) is 1.98. The summed E-state index contributed by atoms with van der Waals surface area (Å²) in [7, 11) is 1.76. The molecule has 0 radical (unpaired) electrons. The zero-order valence-electron chi connectivity index (χ0n) is 13.9. The van der Waals surface area contributed by atoms with Crippen molar-refractivity contribution in [2.75, 3.05) is 26.7 Å². The number of nitrogens with one attached hydrogen (secondary N) is 2. The number of nitrogens with zero attached hydrogens (tertiary/aromatic N) is 1. The van der Waals surface area contributed by atoms with Crippen molar-refractivity contribution < 1.29 is 9.59 Å². The summed E-state index contributed by atoms with van der Waals surface area (Å²) in [4.78, 5) is 27.0. The van der Waals surface area contributed by atoms with Crippen LogP contribution < -0.4 is 10.6 Å². The molecule has 126 valence electrons. The van der Waals surface area contributed by atoms with Crippen molar-refractivity contribution in [2.24, 2.45) is 5.92 Å². The second-order valence-electron chi connectivity index (χ2n) is 6.71. The molecule has 2 rings (SSSR count). The van der Waals surface area contributed by atoms with Gasteiger partial charge in [0.1, 0.15) is 6.04 Å². The molecular weight excluding hydrogens is 278 g/mol. The van der Waals surface area contributed by atoms with E-state index in [0.717, 1.165) is 38.8 Å². The molecule has 2 aliphatic rings. The molecule has 0 aromatic rings. The van der Waals surface area contributed by atoms with Crippen LogP contribution in [0.2, 0.25) is 0 Å². The molecule has 1 heterocycles. The van der Waals surface area contributed by atoms with Gasteiger partial charge in [-0.3, -0.25) is 9.59 Å². The smallest absolute Gasteiger partial charge is 0.245 e. The predicted octanol–water partition coefficient (Wildman–Crippen LogP) is 1.67. The van der Waals surface area contributed by atoms with Gasteiger partial charge in [0.05, 0.1) is 6.54 Å². The van der Waals surface area contributed by atoms with Crippen LogP contribution in [0.3, 0.4) is 0 Å². The van der Waals surface area contributed by atoms with Gasteiger partial charge in [-0.15, -0.1) is 0 Å². The van der Waals surface area contributed by atoms with E-state index in [0.29, 0.717) is 5.92 Å². The molecule has 2 fully saturated rings. The first kappa shape index (κ1) is 17.3. The van der Waals surface area contributed by atoms with Crippen LogP contribution in [0.4, 0.5) is 0 Å². The van der Waals surface area contributed by atoms with Gasteiger partial charge in [-0.05, 0) is 38.6 Å². The first-order valence-electron chi connectivity index (χ1n) is 8.95. The van der Waals surface area contributed by atoms with Gasteiger partial charge >= 0.3 is 0 Å². The summed E-state index contributed by atoms with van der Waals surface area (Å²) in [5, 5.41) is 5.88. The quantitative estimate of drug-likeness (QED) is 0.812. The van der Waals surface area contributed by atoms with E-state index in [1.165, 1.54) is 32.1 Å². The van der Waals surface area contributed by atoms with Crippen LogP contribution >= 0.6 is 0 Å². The number of carbonyl (C=O) groups excluding carboxylic acids is 2. The van der Waals surface area contributed by atoms with Crippen LogP contribution in [-0.4, -0.2) is 49.4 Å². The molecule has 5 heteroatoms. The number of likely N-dealkylation sites (tertiary alicyclic amines) is 1. The molecule has 0 bridgehead atoms. The van der Waals surface area contributed by atoms with E-state index in [1.807, 2.05) is 4.90 Å². The maximum atomic E-state index is 13.0. The molecule has 1 aliphatic carbocycles. The Hall–Kier alpha value is -1.10. The topological polar surface area (TPSA) is 61.4 Å². The number of carbonyl (C=O) groups is 2. The fraction of sp³-hybridized carbons (Fsp3) is 0.882. The van der Waals surface area contributed by atoms with Crippen molar-refractivity contribution in [3.63, 3.8) is 0 Å². The van der Waals surface area contributed by atoms with Crippen LogP contribution in [0.5, 0.6) is 0 Å². The molecule has 1 saturated carbocycles. The molecule has 1 atom stereocenters. The highest BCUT2D eigenvalue weighted by molar-refractivity contribution is 5.88. The van der Waals surface area contributed by atoms with Gasteiger partial charge < -0.3 is 15.5 Å². The van der Waals surface area contributed by atoms with Gasteiger partial charge in [-0.25, -0.2) is 0 Å². The van der Waals surface area contributed by atoms with E-state index < -0.39 is 0 Å². The fourth-order valence-electron chi connectivity index (χ4n) is 3.72. The fourth-order valence-corrected chi connectivity index (χ4v) is 3.72. The van der Waals surface area contributed by atoms with Crippen LogP contribution in [0, 0.1) is 5.92 Å². The molecule has 22 heavy (non-hydrogen) atoms. The van der Waals surface area contributed by atoms with E-state index >= 15 is 0 Å². The van der Waals surface area contributed by atoms with E-state index in [-0.39, 0.29) is 24.4 Å². The molecule has 1 saturated heterocycles. The molecule has 0 aromatic carbocycles. The zero-order chi connectivity index (χ0) is 15.8. The Bertz CT molecular complexity index is 359. The van der Waals surface area contributed by atoms with Crippen molar-refractivity contribution in [2.45, 2.75) is 63.8 Å². The molecule has 0 spiro atoms. The Morgan fingerprint density at radius 2 is 1.59 bits per heavy atom. The standard InChI is InChI=1S/C17H31N3O2/c1-18-13-15(21)19-16(14-9-5-4-6-10-14)17(22)20-11-7-2-3-8-12-20/h14,16,18H,2-13H2,1H3,(H,19,21). The molecule has 0 aromatic heterocycles. The van der Waals surface area contributed by atoms with Crippen LogP contribution in [0.25, 0.3) is 0 Å². The Labute approximate surface area is 134 Å². The van der Waals surface area contributed by atoms with E-state index in [2.05, 4.69) is 10.6 Å². The van der Waals surface area contributed by atoms with Crippen LogP contribution in [0.1, 0.15) is 57.8 Å². The molecule has 2 amide bonds. The molecule has 1 unspecified atom stereocenters. The van der Waals surface area contributed by atoms with Gasteiger partial charge in [-0.1, -0.05) is 32.1 Å². The normalized spacial score (nSPS) is 22.0. The Morgan fingerprint density at radius 1 is 1.00 bits per heavy atom. The second-order valence-corrected chi connectivity index (χ2v) is 6.71. The lowest BCUT2D eigenvalue weighted by Gasteiger charge is -2.34. The summed E-state index contributed by atoms with van der Waals surface area (Å²) in [5.74, 6) is 0.393. The average Bonchev–Trinajstić information content (AvgIpc) is 2.82. The summed E-state index contributed by atoms with van der Waals surface area (Å²) in [6, 6.07) is -0.320. The average molecular weight is 309 g/mol. The second kappa shape index (κ2) is 9.13. The summed E-state index contributed by atoms with van der Waals surface area (Å²) >= 11 is 0. The Morgan fingerprint density at radius 3 is 2.18 bits per heavy atom. The lowest BCUT2D eigenvalue weighted by atomic mass is 9.83. The van der Waals surface area contributed by atoms with E-state index in [4.69, 9.17) is 0 Å². The van der Waals surface area contributed by atoms with Gasteiger partial charge in [0.25, 0.3) is 0 Å². The minimum Gasteiger partial charge on any atom is -0.343 e. The van der Waals surface area contributed by atoms with Gasteiger partial charge in [0.2, 0.25) is 11.8 Å². The lowest BCUT2D eigenvalue weighted by Crippen LogP contribution is -2.54. The van der Waals surface area contributed by atoms with E-state index in [9.17, 15) is 9.59 Å². The maximum absolute atomic E-state index is 13.0. The Kier molecular flexibility index (Phi) is 7.16. The number of hydrogen-bond donors (Lipinski definition) is 2. The summed E-state index contributed by atoms with van der Waals surface area (Å²) in [5.41, 5.74) is 0. The summed E-state index contributed by atoms with van der Waals surface area (Å²) in [6.07, 6.45) is 10.3. The number of likely N-dealkylation sites (N-methyl/N-ethyl adjacent to an activating group) is 1. The summed E-state index contributed by atoms with van der Waals surface area (Å²) < 4.78 is 0. The predicted molar refractivity (Wildman–Crippen MR) is 87.5 cm³/mol. The minimum absolute atomic E-state index is 0.0683. The Balaban J connectivity index is 2.03. The highest BCUT2D eigenvalue weighted by Gasteiger charge is 2.33. The number of rotatable bonds is 5. The number of hydrogen-bond acceptors (Lipinski definition) is 3. The van der Waals surface area contributed by atoms with Gasteiger partial charge in [0, 0.05) is 13.1 Å². The highest BCUT2D eigenvalue weighted by atomic mass is 16.2. The van der Waals surface area contributed by atoms with Crippen LogP contribution in [0.15, 0.2) is 0 Å². The zero-order valence-corrected chi connectivity index (χ0v) is 13.9. The van der Waals surface area contributed by atoms with Gasteiger partial charge in [-0.2, -0.15) is 0 Å². The first-order chi connectivity index (χ1) is 10.7. The van der Waals surface area contributed by atoms with Crippen molar-refractivity contribution >= 4 is 11.8 Å². The van der Waals surface area contributed by atoms with Crippen molar-refractivity contribution in [3.05, 3.63) is 0 Å². The maximum Gasteiger partial charge on any atom is 0.245 e. The van der Waals surface area contributed by atoms with Crippen molar-refractivity contribution in [3.8, 4) is 0 Å². The molecular formula is C17H31N3O2. The number of amides is 2. The highest BCUT2D eigenvalue weighted by Crippen LogP contribution is 2.28. The van der Waals surface area contributed by atoms with Crippen LogP contribution in [-0.2, 0) is 9.59 Å². The van der Waals surface area contributed by atoms with E-state index in [1.54, 1.807) is 7.05 Å². The third kappa shape index (κ3) is 4.97. The monoisotopic (exact) mass is 309 g/mol. The van der Waals surface area contributed by atoms with Crippen molar-refractivity contribution in [1.82, 2.24) is 15.5 Å².